The van der Waals surface area contributed by atoms with E-state index in [1.807, 2.05) is 0 Å². The highest BCUT2D eigenvalue weighted by molar-refractivity contribution is 6.31. The van der Waals surface area contributed by atoms with Crippen LogP contribution in [0, 0.1) is 11.7 Å². The lowest BCUT2D eigenvalue weighted by molar-refractivity contribution is 0.0926. The molecule has 1 unspecified atom stereocenters. The number of hydrogen-bond acceptors (Lipinski definition) is 2. The Morgan fingerprint density at radius 3 is 3.00 bits per heavy atom. The second-order valence-electron chi connectivity index (χ2n) is 3.68. The summed E-state index contributed by atoms with van der Waals surface area (Å²) in [5, 5.41) is 3.47. The average Bonchev–Trinajstić information content (AvgIpc) is 2.74. The quantitative estimate of drug-likeness (QED) is 0.786. The van der Waals surface area contributed by atoms with Crippen LogP contribution in [0.4, 0.5) is 4.39 Å². The van der Waals surface area contributed by atoms with Gasteiger partial charge in [-0.15, -0.1) is 0 Å². The van der Waals surface area contributed by atoms with Crippen molar-refractivity contribution in [2.24, 2.45) is 5.92 Å². The van der Waals surface area contributed by atoms with Crippen LogP contribution in [-0.4, -0.2) is 18.9 Å². The largest absolute Gasteiger partial charge is 0.316 e. The molecule has 4 heteroatoms. The Labute approximate surface area is 92.4 Å². The van der Waals surface area contributed by atoms with Crippen LogP contribution in [0.25, 0.3) is 0 Å². The molecule has 80 valence electrons. The molecule has 0 amide bonds. The first kappa shape index (κ1) is 10.6. The molecule has 0 aliphatic carbocycles. The summed E-state index contributed by atoms with van der Waals surface area (Å²) in [6, 6.07) is 4.08. The zero-order chi connectivity index (χ0) is 10.8. The molecule has 1 heterocycles. The van der Waals surface area contributed by atoms with Gasteiger partial charge < -0.3 is 5.32 Å². The van der Waals surface area contributed by atoms with E-state index in [0.29, 0.717) is 11.6 Å². The van der Waals surface area contributed by atoms with E-state index in [4.69, 9.17) is 11.6 Å². The van der Waals surface area contributed by atoms with Crippen molar-refractivity contribution < 1.29 is 9.18 Å². The minimum Gasteiger partial charge on any atom is -0.316 e. The molecule has 15 heavy (non-hydrogen) atoms. The highest BCUT2D eigenvalue weighted by Gasteiger charge is 2.25. The van der Waals surface area contributed by atoms with Gasteiger partial charge in [-0.3, -0.25) is 4.79 Å². The zero-order valence-electron chi connectivity index (χ0n) is 8.09. The van der Waals surface area contributed by atoms with Gasteiger partial charge in [0.15, 0.2) is 5.78 Å². The number of nitrogens with one attached hydrogen (secondary N) is 1. The lowest BCUT2D eigenvalue weighted by Crippen LogP contribution is -2.18. The van der Waals surface area contributed by atoms with E-state index in [1.165, 1.54) is 18.2 Å². The van der Waals surface area contributed by atoms with Gasteiger partial charge in [0.1, 0.15) is 5.82 Å². The van der Waals surface area contributed by atoms with Crippen LogP contribution in [0.2, 0.25) is 5.02 Å². The van der Waals surface area contributed by atoms with Gasteiger partial charge in [0.05, 0.1) is 5.56 Å². The molecule has 2 rings (SSSR count). The molecule has 1 N–H and O–H groups in total. The fraction of sp³-hybridized carbons (Fsp3) is 0.364. The Morgan fingerprint density at radius 2 is 2.33 bits per heavy atom. The molecule has 0 spiro atoms. The van der Waals surface area contributed by atoms with Crippen molar-refractivity contribution >= 4 is 17.4 Å². The number of hydrogen-bond donors (Lipinski definition) is 1. The van der Waals surface area contributed by atoms with Crippen molar-refractivity contribution in [3.63, 3.8) is 0 Å². The van der Waals surface area contributed by atoms with Crippen molar-refractivity contribution in [1.29, 1.82) is 0 Å². The number of benzene rings is 1. The number of Topliss-reactive ketones (excluding diaryl/α,β-unsaturated/α-hetero) is 1. The monoisotopic (exact) mass is 227 g/mol. The van der Waals surface area contributed by atoms with E-state index in [-0.39, 0.29) is 17.3 Å². The molecule has 1 saturated heterocycles. The predicted molar refractivity (Wildman–Crippen MR) is 56.7 cm³/mol. The van der Waals surface area contributed by atoms with Crippen LogP contribution in [-0.2, 0) is 0 Å². The SMILES string of the molecule is O=C(c1cc(Cl)ccc1F)C1CCNC1. The fourth-order valence-corrected chi connectivity index (χ4v) is 1.96. The smallest absolute Gasteiger partial charge is 0.170 e. The highest BCUT2D eigenvalue weighted by Crippen LogP contribution is 2.21. The van der Waals surface area contributed by atoms with Gasteiger partial charge in [-0.05, 0) is 31.2 Å². The minimum atomic E-state index is -0.490. The van der Waals surface area contributed by atoms with Crippen LogP contribution in [0.15, 0.2) is 18.2 Å². The van der Waals surface area contributed by atoms with E-state index in [9.17, 15) is 9.18 Å². The molecule has 1 aliphatic heterocycles. The first-order valence-corrected chi connectivity index (χ1v) is 5.26. The molecule has 1 atom stereocenters. The molecule has 1 fully saturated rings. The molecule has 1 aromatic rings. The van der Waals surface area contributed by atoms with Crippen molar-refractivity contribution in [2.45, 2.75) is 6.42 Å². The summed E-state index contributed by atoms with van der Waals surface area (Å²) in [6.07, 6.45) is 0.769. The first-order valence-electron chi connectivity index (χ1n) is 4.88. The molecule has 0 bridgehead atoms. The van der Waals surface area contributed by atoms with Crippen molar-refractivity contribution in [2.75, 3.05) is 13.1 Å². The lowest BCUT2D eigenvalue weighted by atomic mass is 9.97. The molecule has 2 nitrogen and oxygen atoms in total. The van der Waals surface area contributed by atoms with Gasteiger partial charge in [-0.25, -0.2) is 4.39 Å². The summed E-state index contributed by atoms with van der Waals surface area (Å²) in [5.74, 6) is -0.755. The fourth-order valence-electron chi connectivity index (χ4n) is 1.78. The maximum Gasteiger partial charge on any atom is 0.170 e. The third-order valence-electron chi connectivity index (χ3n) is 2.62. The zero-order valence-corrected chi connectivity index (χ0v) is 8.85. The second kappa shape index (κ2) is 4.29. The molecule has 0 radical (unpaired) electrons. The normalized spacial score (nSPS) is 20.5. The summed E-state index contributed by atoms with van der Waals surface area (Å²) in [6.45, 7) is 1.45. The van der Waals surface area contributed by atoms with Gasteiger partial charge in [0, 0.05) is 17.5 Å². The summed E-state index contributed by atoms with van der Waals surface area (Å²) in [7, 11) is 0. The summed E-state index contributed by atoms with van der Waals surface area (Å²) < 4.78 is 13.4. The van der Waals surface area contributed by atoms with Crippen LogP contribution >= 0.6 is 11.6 Å². The Hall–Kier alpha value is -0.930. The Balaban J connectivity index is 2.27. The second-order valence-corrected chi connectivity index (χ2v) is 4.11. The van der Waals surface area contributed by atoms with Crippen LogP contribution in [0.1, 0.15) is 16.8 Å². The third kappa shape index (κ3) is 2.19. The van der Waals surface area contributed by atoms with Crippen molar-refractivity contribution in [1.82, 2.24) is 5.32 Å². The number of halogens is 2. The minimum absolute atomic E-state index is 0.108. The first-order chi connectivity index (χ1) is 7.18. The van der Waals surface area contributed by atoms with Gasteiger partial charge in [0.25, 0.3) is 0 Å². The maximum atomic E-state index is 13.4. The van der Waals surface area contributed by atoms with E-state index in [2.05, 4.69) is 5.32 Å². The van der Waals surface area contributed by atoms with Crippen molar-refractivity contribution in [3.05, 3.63) is 34.6 Å². The van der Waals surface area contributed by atoms with E-state index < -0.39 is 5.82 Å². The van der Waals surface area contributed by atoms with Crippen LogP contribution in [0.3, 0.4) is 0 Å². The van der Waals surface area contributed by atoms with Gasteiger partial charge in [0.2, 0.25) is 0 Å². The number of carbonyl (C=O) groups is 1. The van der Waals surface area contributed by atoms with Gasteiger partial charge in [-0.2, -0.15) is 0 Å². The van der Waals surface area contributed by atoms with E-state index >= 15 is 0 Å². The predicted octanol–water partition coefficient (Wildman–Crippen LogP) is 2.27. The Bertz CT molecular complexity index is 388. The summed E-state index contributed by atoms with van der Waals surface area (Å²) in [4.78, 5) is 11.9. The van der Waals surface area contributed by atoms with Crippen LogP contribution < -0.4 is 5.32 Å². The number of rotatable bonds is 2. The maximum absolute atomic E-state index is 13.4. The Kier molecular flexibility index (Phi) is 3.03. The number of carbonyl (C=O) groups excluding carboxylic acids is 1. The molecule has 0 aromatic heterocycles. The van der Waals surface area contributed by atoms with Gasteiger partial charge >= 0.3 is 0 Å². The molecule has 1 aliphatic rings. The average molecular weight is 228 g/mol. The molecule has 1 aromatic carbocycles. The standard InChI is InChI=1S/C11H11ClFNO/c12-8-1-2-10(13)9(5-8)11(15)7-3-4-14-6-7/h1-2,5,7,14H,3-4,6H2. The van der Waals surface area contributed by atoms with Crippen LogP contribution in [0.5, 0.6) is 0 Å². The van der Waals surface area contributed by atoms with Gasteiger partial charge in [-0.1, -0.05) is 11.6 Å². The topological polar surface area (TPSA) is 29.1 Å². The number of ketones is 1. The Morgan fingerprint density at radius 1 is 1.53 bits per heavy atom. The molecular formula is C11H11ClFNO. The molecule has 0 saturated carbocycles. The third-order valence-corrected chi connectivity index (χ3v) is 2.86. The van der Waals surface area contributed by atoms with Crippen molar-refractivity contribution in [3.8, 4) is 0 Å². The van der Waals surface area contributed by atoms with E-state index in [0.717, 1.165) is 13.0 Å². The summed E-state index contributed by atoms with van der Waals surface area (Å²) >= 11 is 5.73. The van der Waals surface area contributed by atoms with E-state index in [1.54, 1.807) is 0 Å². The highest BCUT2D eigenvalue weighted by atomic mass is 35.5. The lowest BCUT2D eigenvalue weighted by Gasteiger charge is -2.08. The summed E-state index contributed by atoms with van der Waals surface area (Å²) in [5.41, 5.74) is 0.108. The molecular weight excluding hydrogens is 217 g/mol.